The third-order valence-electron chi connectivity index (χ3n) is 5.06. The standard InChI is InChI=1S/C18H19F6N5O6/c1-7(30)33-6-10-11(19)12(34-8(2)31)14(35-10)29-13-9(5-26-15(25)27-13)28(16(29)32)4-3-17(20,21)18(22,23)24/h5,10-12,14H,3-4,6H2,1-2H3,(H2,25,26,27)/t10-,11-,12-,14-/m1/s1. The van der Waals surface area contributed by atoms with Gasteiger partial charge in [0.2, 0.25) is 5.95 Å². The number of carbonyl (C=O) groups excluding carboxylic acids is 2. The van der Waals surface area contributed by atoms with Crippen LogP contribution in [0.15, 0.2) is 11.0 Å². The van der Waals surface area contributed by atoms with Gasteiger partial charge in [0.05, 0.1) is 6.20 Å². The van der Waals surface area contributed by atoms with E-state index in [1.165, 1.54) is 0 Å². The van der Waals surface area contributed by atoms with Gasteiger partial charge in [-0.3, -0.25) is 14.2 Å². The Morgan fingerprint density at radius 2 is 1.86 bits per heavy atom. The van der Waals surface area contributed by atoms with Crippen LogP contribution in [0.4, 0.5) is 32.3 Å². The number of hydrogen-bond donors (Lipinski definition) is 1. The van der Waals surface area contributed by atoms with Gasteiger partial charge in [0, 0.05) is 26.8 Å². The van der Waals surface area contributed by atoms with Crippen molar-refractivity contribution in [3.63, 3.8) is 0 Å². The van der Waals surface area contributed by atoms with Crippen LogP contribution >= 0.6 is 0 Å². The van der Waals surface area contributed by atoms with Crippen LogP contribution in [0.25, 0.3) is 11.2 Å². The maximum atomic E-state index is 15.1. The van der Waals surface area contributed by atoms with Crippen LogP contribution in [0.3, 0.4) is 0 Å². The highest BCUT2D eigenvalue weighted by Gasteiger charge is 2.57. The Bertz CT molecular complexity index is 1180. The Labute approximate surface area is 191 Å². The molecule has 0 bridgehead atoms. The third-order valence-corrected chi connectivity index (χ3v) is 5.06. The molecule has 0 amide bonds. The molecule has 0 aliphatic carbocycles. The number of nitrogen functional groups attached to an aromatic ring is 1. The Kier molecular flexibility index (Phi) is 7.01. The molecule has 1 aliphatic rings. The summed E-state index contributed by atoms with van der Waals surface area (Å²) >= 11 is 0. The summed E-state index contributed by atoms with van der Waals surface area (Å²) in [6, 6.07) is 0. The van der Waals surface area contributed by atoms with Gasteiger partial charge in [0.15, 0.2) is 24.2 Å². The number of fused-ring (bicyclic) bond motifs is 1. The highest BCUT2D eigenvalue weighted by molar-refractivity contribution is 5.72. The molecule has 0 radical (unpaired) electrons. The first kappa shape index (κ1) is 26.2. The van der Waals surface area contributed by atoms with E-state index in [1.807, 2.05) is 0 Å². The lowest BCUT2D eigenvalue weighted by atomic mass is 10.1. The maximum Gasteiger partial charge on any atom is 0.453 e. The Balaban J connectivity index is 2.09. The molecule has 0 saturated carbocycles. The van der Waals surface area contributed by atoms with Crippen molar-refractivity contribution >= 4 is 29.1 Å². The average Bonchev–Trinajstić information content (AvgIpc) is 3.16. The number of alkyl halides is 6. The van der Waals surface area contributed by atoms with Gasteiger partial charge in [-0.15, -0.1) is 0 Å². The van der Waals surface area contributed by atoms with E-state index < -0.39 is 85.5 Å². The zero-order valence-corrected chi connectivity index (χ0v) is 18.1. The van der Waals surface area contributed by atoms with Gasteiger partial charge < -0.3 is 19.9 Å². The summed E-state index contributed by atoms with van der Waals surface area (Å²) in [6.45, 7) is 0.211. The first-order valence-electron chi connectivity index (χ1n) is 9.92. The number of halogens is 6. The summed E-state index contributed by atoms with van der Waals surface area (Å²) in [5, 5.41) is 0. The number of hydrogen-bond acceptors (Lipinski definition) is 9. The highest BCUT2D eigenvalue weighted by Crippen LogP contribution is 2.39. The molecule has 0 aromatic carbocycles. The number of rotatable bonds is 7. The molecule has 3 rings (SSSR count). The van der Waals surface area contributed by atoms with Gasteiger partial charge in [-0.05, 0) is 0 Å². The molecule has 2 aromatic heterocycles. The molecular weight excluding hydrogens is 496 g/mol. The number of anilines is 1. The van der Waals surface area contributed by atoms with E-state index in [1.54, 1.807) is 0 Å². The van der Waals surface area contributed by atoms with Crippen LogP contribution in [-0.2, 0) is 30.3 Å². The van der Waals surface area contributed by atoms with E-state index in [4.69, 9.17) is 19.9 Å². The molecule has 1 saturated heterocycles. The fourth-order valence-electron chi connectivity index (χ4n) is 3.46. The number of nitrogens with two attached hydrogens (primary N) is 1. The van der Waals surface area contributed by atoms with Gasteiger partial charge in [0.1, 0.15) is 18.2 Å². The van der Waals surface area contributed by atoms with E-state index in [0.29, 0.717) is 9.13 Å². The fourth-order valence-corrected chi connectivity index (χ4v) is 3.46. The predicted octanol–water partition coefficient (Wildman–Crippen LogP) is 1.49. The van der Waals surface area contributed by atoms with Gasteiger partial charge in [-0.25, -0.2) is 18.7 Å². The molecule has 1 fully saturated rings. The smallest absolute Gasteiger partial charge is 0.453 e. The van der Waals surface area contributed by atoms with Crippen LogP contribution in [0.1, 0.15) is 26.5 Å². The molecule has 0 unspecified atom stereocenters. The second kappa shape index (κ2) is 9.35. The van der Waals surface area contributed by atoms with E-state index in [9.17, 15) is 36.3 Å². The number of imidazole rings is 1. The molecular formula is C18H19F6N5O6. The van der Waals surface area contributed by atoms with Crippen LogP contribution < -0.4 is 11.4 Å². The SMILES string of the molecule is CC(=O)OC[C@H]1O[C@@H](n2c(=O)n(CCC(F)(F)C(F)(F)F)c3cnc(N)nc32)[C@H](OC(C)=O)[C@@H]1F. The van der Waals surface area contributed by atoms with Crippen molar-refractivity contribution in [2.45, 2.75) is 63.5 Å². The van der Waals surface area contributed by atoms with Crippen molar-refractivity contribution < 1.29 is 50.1 Å². The lowest BCUT2D eigenvalue weighted by molar-refractivity contribution is -0.285. The molecule has 194 valence electrons. The zero-order valence-electron chi connectivity index (χ0n) is 18.1. The van der Waals surface area contributed by atoms with E-state index >= 15 is 4.39 Å². The Hall–Kier alpha value is -3.37. The number of esters is 2. The van der Waals surface area contributed by atoms with Crippen molar-refractivity contribution in [1.29, 1.82) is 0 Å². The Morgan fingerprint density at radius 1 is 1.20 bits per heavy atom. The van der Waals surface area contributed by atoms with E-state index in [2.05, 4.69) is 9.97 Å². The van der Waals surface area contributed by atoms with Gasteiger partial charge in [0.25, 0.3) is 0 Å². The van der Waals surface area contributed by atoms with Crippen molar-refractivity contribution in [2.24, 2.45) is 0 Å². The summed E-state index contributed by atoms with van der Waals surface area (Å²) in [5.41, 5.74) is 3.58. The van der Waals surface area contributed by atoms with Crippen molar-refractivity contribution in [2.75, 3.05) is 12.3 Å². The second-order valence-corrected chi connectivity index (χ2v) is 7.58. The summed E-state index contributed by atoms with van der Waals surface area (Å²) < 4.78 is 96.1. The van der Waals surface area contributed by atoms with E-state index in [-0.39, 0.29) is 5.52 Å². The quantitative estimate of drug-likeness (QED) is 0.429. The molecule has 35 heavy (non-hydrogen) atoms. The van der Waals surface area contributed by atoms with Gasteiger partial charge >= 0.3 is 29.7 Å². The number of aromatic nitrogens is 4. The zero-order chi connectivity index (χ0) is 26.3. The maximum absolute atomic E-state index is 15.1. The summed E-state index contributed by atoms with van der Waals surface area (Å²) in [6.07, 6.45) is -14.0. The predicted molar refractivity (Wildman–Crippen MR) is 103 cm³/mol. The number of nitrogens with zero attached hydrogens (tertiary/aromatic N) is 4. The molecule has 3 heterocycles. The minimum absolute atomic E-state index is 0.314. The largest absolute Gasteiger partial charge is 0.463 e. The average molecular weight is 515 g/mol. The lowest BCUT2D eigenvalue weighted by Crippen LogP contribution is -2.39. The van der Waals surface area contributed by atoms with Gasteiger partial charge in [-0.2, -0.15) is 26.9 Å². The molecule has 0 spiro atoms. The molecule has 2 N–H and O–H groups in total. The number of ether oxygens (including phenoxy) is 3. The van der Waals surface area contributed by atoms with Gasteiger partial charge in [-0.1, -0.05) is 0 Å². The fraction of sp³-hybridized carbons (Fsp3) is 0.611. The second-order valence-electron chi connectivity index (χ2n) is 7.58. The van der Waals surface area contributed by atoms with Crippen molar-refractivity contribution in [3.8, 4) is 0 Å². The van der Waals surface area contributed by atoms with Crippen LogP contribution in [0, 0.1) is 0 Å². The third kappa shape index (κ3) is 5.18. The molecule has 17 heteroatoms. The Morgan fingerprint density at radius 3 is 2.43 bits per heavy atom. The number of aryl methyl sites for hydroxylation is 1. The summed E-state index contributed by atoms with van der Waals surface area (Å²) in [7, 11) is 0. The molecule has 11 nitrogen and oxygen atoms in total. The first-order valence-corrected chi connectivity index (χ1v) is 9.92. The normalized spacial score (nSPS) is 23.0. The number of carbonyl (C=O) groups is 2. The minimum atomic E-state index is -5.86. The highest BCUT2D eigenvalue weighted by atomic mass is 19.4. The van der Waals surface area contributed by atoms with Crippen LogP contribution in [0.2, 0.25) is 0 Å². The topological polar surface area (TPSA) is 141 Å². The summed E-state index contributed by atoms with van der Waals surface area (Å²) in [5.74, 6) is -7.30. The lowest BCUT2D eigenvalue weighted by Gasteiger charge is -2.20. The first-order chi connectivity index (χ1) is 16.1. The van der Waals surface area contributed by atoms with Crippen LogP contribution in [-0.4, -0.2) is 68.1 Å². The summed E-state index contributed by atoms with van der Waals surface area (Å²) in [4.78, 5) is 43.2. The molecule has 1 aliphatic heterocycles. The van der Waals surface area contributed by atoms with Crippen molar-refractivity contribution in [3.05, 3.63) is 16.7 Å². The van der Waals surface area contributed by atoms with Crippen molar-refractivity contribution in [1.82, 2.24) is 19.1 Å². The van der Waals surface area contributed by atoms with E-state index in [0.717, 1.165) is 20.0 Å². The minimum Gasteiger partial charge on any atom is -0.463 e. The monoisotopic (exact) mass is 515 g/mol. The molecule has 4 atom stereocenters. The molecule has 2 aromatic rings. The van der Waals surface area contributed by atoms with Crippen LogP contribution in [0.5, 0.6) is 0 Å².